The zero-order chi connectivity index (χ0) is 15.1. The van der Waals surface area contributed by atoms with Crippen LogP contribution in [0, 0.1) is 0 Å². The summed E-state index contributed by atoms with van der Waals surface area (Å²) >= 11 is 0. The number of rotatable bonds is 8. The van der Waals surface area contributed by atoms with Crippen molar-refractivity contribution in [2.75, 3.05) is 27.9 Å². The lowest BCUT2D eigenvalue weighted by atomic mass is 10.1. The van der Waals surface area contributed by atoms with Crippen molar-refractivity contribution in [2.24, 2.45) is 0 Å². The molecule has 1 aromatic heterocycles. The van der Waals surface area contributed by atoms with Crippen LogP contribution in [0.25, 0.3) is 0 Å². The van der Waals surface area contributed by atoms with E-state index in [9.17, 15) is 0 Å². The predicted octanol–water partition coefficient (Wildman–Crippen LogP) is 2.64. The summed E-state index contributed by atoms with van der Waals surface area (Å²) in [5, 5.41) is 3.37. The number of nitrogens with one attached hydrogen (secondary N) is 1. The third-order valence-electron chi connectivity index (χ3n) is 3.25. The minimum absolute atomic E-state index is 0.650. The Morgan fingerprint density at radius 2 is 1.76 bits per heavy atom. The molecule has 2 aromatic rings. The number of benzene rings is 1. The molecule has 21 heavy (non-hydrogen) atoms. The maximum absolute atomic E-state index is 5.41. The highest BCUT2D eigenvalue weighted by molar-refractivity contribution is 5.50. The topological polar surface area (TPSA) is 52.9 Å². The van der Waals surface area contributed by atoms with Gasteiger partial charge >= 0.3 is 0 Å². The summed E-state index contributed by atoms with van der Waals surface area (Å²) in [6.07, 6.45) is 2.53. The van der Waals surface area contributed by atoms with Crippen LogP contribution in [0.15, 0.2) is 34.9 Å². The highest BCUT2D eigenvalue weighted by atomic mass is 16.5. The second kappa shape index (κ2) is 7.59. The van der Waals surface area contributed by atoms with Crippen molar-refractivity contribution in [3.8, 4) is 17.2 Å². The van der Waals surface area contributed by atoms with E-state index >= 15 is 0 Å². The molecule has 0 fully saturated rings. The minimum Gasteiger partial charge on any atom is -0.496 e. The highest BCUT2D eigenvalue weighted by Gasteiger charge is 2.12. The van der Waals surface area contributed by atoms with Gasteiger partial charge in [0, 0.05) is 31.6 Å². The molecular weight excluding hydrogens is 270 g/mol. The Bertz CT molecular complexity index is 526. The molecule has 5 nitrogen and oxygen atoms in total. The Labute approximate surface area is 124 Å². The summed E-state index contributed by atoms with van der Waals surface area (Å²) in [6.45, 7) is 1.46. The number of furan rings is 1. The van der Waals surface area contributed by atoms with Crippen LogP contribution in [0.1, 0.15) is 11.3 Å². The van der Waals surface area contributed by atoms with Gasteiger partial charge in [0.1, 0.15) is 23.0 Å². The third kappa shape index (κ3) is 3.92. The molecule has 0 saturated heterocycles. The van der Waals surface area contributed by atoms with Crippen LogP contribution in [0.3, 0.4) is 0 Å². The molecule has 0 aliphatic heterocycles. The van der Waals surface area contributed by atoms with Crippen LogP contribution in [-0.2, 0) is 13.0 Å². The van der Waals surface area contributed by atoms with E-state index in [2.05, 4.69) is 5.32 Å². The maximum Gasteiger partial charge on any atom is 0.130 e. The fraction of sp³-hybridized carbons (Fsp3) is 0.375. The standard InChI is InChI=1S/C16H21NO4/c1-18-13-9-15(19-2)14(16(10-13)20-3)11-17-7-6-12-5-4-8-21-12/h4-5,8-10,17H,6-7,11H2,1-3H3. The zero-order valence-corrected chi connectivity index (χ0v) is 12.6. The van der Waals surface area contributed by atoms with E-state index in [0.29, 0.717) is 12.3 Å². The second-order valence-electron chi connectivity index (χ2n) is 4.52. The molecule has 0 atom stereocenters. The highest BCUT2D eigenvalue weighted by Crippen LogP contribution is 2.33. The van der Waals surface area contributed by atoms with Gasteiger partial charge in [0.2, 0.25) is 0 Å². The number of ether oxygens (including phenoxy) is 3. The van der Waals surface area contributed by atoms with Crippen LogP contribution >= 0.6 is 0 Å². The molecule has 0 amide bonds. The summed E-state index contributed by atoms with van der Waals surface area (Å²) in [5.41, 5.74) is 0.972. The summed E-state index contributed by atoms with van der Waals surface area (Å²) in [6, 6.07) is 7.57. The van der Waals surface area contributed by atoms with Gasteiger partial charge in [-0.1, -0.05) is 0 Å². The van der Waals surface area contributed by atoms with E-state index in [4.69, 9.17) is 18.6 Å². The quantitative estimate of drug-likeness (QED) is 0.758. The largest absolute Gasteiger partial charge is 0.496 e. The van der Waals surface area contributed by atoms with Crippen molar-refractivity contribution in [3.05, 3.63) is 41.9 Å². The van der Waals surface area contributed by atoms with E-state index in [1.54, 1.807) is 27.6 Å². The molecule has 0 aliphatic carbocycles. The lowest BCUT2D eigenvalue weighted by Crippen LogP contribution is -2.17. The summed E-state index contributed by atoms with van der Waals surface area (Å²) in [4.78, 5) is 0. The Hall–Kier alpha value is -2.14. The minimum atomic E-state index is 0.650. The van der Waals surface area contributed by atoms with E-state index in [0.717, 1.165) is 35.8 Å². The zero-order valence-electron chi connectivity index (χ0n) is 12.6. The van der Waals surface area contributed by atoms with E-state index < -0.39 is 0 Å². The van der Waals surface area contributed by atoms with E-state index in [1.165, 1.54) is 0 Å². The molecule has 1 N–H and O–H groups in total. The molecule has 0 bridgehead atoms. The van der Waals surface area contributed by atoms with Crippen molar-refractivity contribution in [3.63, 3.8) is 0 Å². The molecule has 0 unspecified atom stereocenters. The molecule has 1 heterocycles. The first kappa shape index (κ1) is 15.3. The number of hydrogen-bond donors (Lipinski definition) is 1. The molecule has 0 saturated carbocycles. The predicted molar refractivity (Wildman–Crippen MR) is 80.2 cm³/mol. The van der Waals surface area contributed by atoms with Gasteiger partial charge in [0.05, 0.1) is 33.2 Å². The molecule has 0 radical (unpaired) electrons. The summed E-state index contributed by atoms with van der Waals surface area (Å²) in [5.74, 6) is 3.17. The monoisotopic (exact) mass is 291 g/mol. The second-order valence-corrected chi connectivity index (χ2v) is 4.52. The SMILES string of the molecule is COc1cc(OC)c(CNCCc2ccco2)c(OC)c1. The first-order chi connectivity index (χ1) is 10.3. The van der Waals surface area contributed by atoms with Crippen LogP contribution in [0.2, 0.25) is 0 Å². The molecule has 0 spiro atoms. The first-order valence-corrected chi connectivity index (χ1v) is 6.80. The Morgan fingerprint density at radius 3 is 2.29 bits per heavy atom. The van der Waals surface area contributed by atoms with E-state index in [-0.39, 0.29) is 0 Å². The molecule has 114 valence electrons. The fourth-order valence-corrected chi connectivity index (χ4v) is 2.13. The average Bonchev–Trinajstić information content (AvgIpc) is 3.04. The van der Waals surface area contributed by atoms with Gasteiger partial charge in [-0.2, -0.15) is 0 Å². The summed E-state index contributed by atoms with van der Waals surface area (Å²) < 4.78 is 21.4. The molecule has 5 heteroatoms. The Morgan fingerprint density at radius 1 is 1.05 bits per heavy atom. The van der Waals surface area contributed by atoms with Crippen molar-refractivity contribution in [1.29, 1.82) is 0 Å². The Kier molecular flexibility index (Phi) is 5.51. The average molecular weight is 291 g/mol. The lowest BCUT2D eigenvalue weighted by molar-refractivity contribution is 0.366. The molecule has 1 aromatic carbocycles. The normalized spacial score (nSPS) is 10.4. The van der Waals surface area contributed by atoms with Gasteiger partial charge in [0.25, 0.3) is 0 Å². The maximum atomic E-state index is 5.41. The van der Waals surface area contributed by atoms with Crippen LogP contribution in [0.4, 0.5) is 0 Å². The molecule has 2 rings (SSSR count). The van der Waals surface area contributed by atoms with Gasteiger partial charge in [-0.25, -0.2) is 0 Å². The fourth-order valence-electron chi connectivity index (χ4n) is 2.13. The van der Waals surface area contributed by atoms with Crippen LogP contribution in [0.5, 0.6) is 17.2 Å². The van der Waals surface area contributed by atoms with Gasteiger partial charge in [-0.3, -0.25) is 0 Å². The number of methoxy groups -OCH3 is 3. The van der Waals surface area contributed by atoms with Gasteiger partial charge < -0.3 is 23.9 Å². The molecular formula is C16H21NO4. The molecule has 0 aliphatic rings. The van der Waals surface area contributed by atoms with Crippen LogP contribution in [-0.4, -0.2) is 27.9 Å². The van der Waals surface area contributed by atoms with Crippen molar-refractivity contribution in [1.82, 2.24) is 5.32 Å². The van der Waals surface area contributed by atoms with Gasteiger partial charge in [-0.15, -0.1) is 0 Å². The lowest BCUT2D eigenvalue weighted by Gasteiger charge is -2.15. The van der Waals surface area contributed by atoms with Gasteiger partial charge in [0.15, 0.2) is 0 Å². The van der Waals surface area contributed by atoms with Crippen molar-refractivity contribution < 1.29 is 18.6 Å². The van der Waals surface area contributed by atoms with Gasteiger partial charge in [-0.05, 0) is 12.1 Å². The first-order valence-electron chi connectivity index (χ1n) is 6.80. The summed E-state index contributed by atoms with van der Waals surface area (Å²) in [7, 11) is 4.90. The van der Waals surface area contributed by atoms with E-state index in [1.807, 2.05) is 24.3 Å². The number of hydrogen-bond acceptors (Lipinski definition) is 5. The Balaban J connectivity index is 2.00. The smallest absolute Gasteiger partial charge is 0.130 e. The third-order valence-corrected chi connectivity index (χ3v) is 3.25. The van der Waals surface area contributed by atoms with Crippen LogP contribution < -0.4 is 19.5 Å². The van der Waals surface area contributed by atoms with Crippen molar-refractivity contribution in [2.45, 2.75) is 13.0 Å². The van der Waals surface area contributed by atoms with Crippen molar-refractivity contribution >= 4 is 0 Å².